The van der Waals surface area contributed by atoms with Gasteiger partial charge < -0.3 is 25.7 Å². The molecule has 5 N–H and O–H groups in total. The molecule has 0 aromatic heterocycles. The fourth-order valence-corrected chi connectivity index (χ4v) is 5.89. The van der Waals surface area contributed by atoms with E-state index in [1.807, 2.05) is 6.07 Å². The van der Waals surface area contributed by atoms with E-state index in [0.717, 1.165) is 0 Å². The van der Waals surface area contributed by atoms with Crippen molar-refractivity contribution >= 4 is 35.6 Å². The van der Waals surface area contributed by atoms with Crippen LogP contribution in [0, 0.1) is 0 Å². The second-order valence-corrected chi connectivity index (χ2v) is 12.4. The molecule has 2 unspecified atom stereocenters. The summed E-state index contributed by atoms with van der Waals surface area (Å²) in [4.78, 5) is 79.6. The molecule has 2 aromatic carbocycles. The van der Waals surface area contributed by atoms with Gasteiger partial charge in [-0.25, -0.2) is 0 Å². The number of carboxylic acids is 4. The van der Waals surface area contributed by atoms with Crippen LogP contribution >= 0.6 is 0 Å². The van der Waals surface area contributed by atoms with Crippen LogP contribution in [0.5, 0.6) is 0 Å². The number of hydrogen-bond donors (Lipinski definition) is 5. The normalized spacial score (nSPS) is 17.1. The van der Waals surface area contributed by atoms with Gasteiger partial charge in [0.15, 0.2) is 5.78 Å². The predicted octanol–water partition coefficient (Wildman–Crippen LogP) is 0.846. The molecule has 1 aliphatic rings. The van der Waals surface area contributed by atoms with Crippen LogP contribution in [0.25, 0.3) is 0 Å². The van der Waals surface area contributed by atoms with Gasteiger partial charge in [0.2, 0.25) is 5.91 Å². The number of ketones is 1. The SMILES string of the molecule is CC(C(=O)NCCCC(C(=O)O)N1CCN(CC(=O)O)CCN(CC(=O)O)CCN(CC(=O)O)CC1)c1cccc(C(=O)c2ccccc2)c1. The Kier molecular flexibility index (Phi) is 16.0. The summed E-state index contributed by atoms with van der Waals surface area (Å²) in [6.07, 6.45) is 0.482. The van der Waals surface area contributed by atoms with Crippen molar-refractivity contribution < 1.29 is 49.2 Å². The van der Waals surface area contributed by atoms with Crippen LogP contribution in [-0.4, -0.2) is 160 Å². The zero-order valence-corrected chi connectivity index (χ0v) is 28.3. The number of aliphatic carboxylic acids is 4. The Labute approximate surface area is 291 Å². The zero-order chi connectivity index (χ0) is 36.6. The molecule has 0 aliphatic carbocycles. The molecule has 1 saturated heterocycles. The second-order valence-electron chi connectivity index (χ2n) is 12.4. The van der Waals surface area contributed by atoms with Crippen LogP contribution in [0.4, 0.5) is 0 Å². The van der Waals surface area contributed by atoms with Crippen molar-refractivity contribution in [2.75, 3.05) is 78.5 Å². The van der Waals surface area contributed by atoms with Gasteiger partial charge in [-0.05, 0) is 31.4 Å². The molecule has 1 aliphatic heterocycles. The van der Waals surface area contributed by atoms with Crippen molar-refractivity contribution in [3.8, 4) is 0 Å². The van der Waals surface area contributed by atoms with Gasteiger partial charge in [0.1, 0.15) is 6.04 Å². The van der Waals surface area contributed by atoms with Gasteiger partial charge >= 0.3 is 23.9 Å². The number of carboxylic acid groups (broad SMARTS) is 4. The molecule has 2 aromatic rings. The van der Waals surface area contributed by atoms with Crippen molar-refractivity contribution in [2.24, 2.45) is 0 Å². The summed E-state index contributed by atoms with van der Waals surface area (Å²) < 4.78 is 0. The number of carbonyl (C=O) groups is 6. The van der Waals surface area contributed by atoms with E-state index in [1.165, 1.54) is 0 Å². The Hall–Kier alpha value is -4.70. The molecule has 0 spiro atoms. The van der Waals surface area contributed by atoms with E-state index in [-0.39, 0.29) is 96.6 Å². The minimum atomic E-state index is -1.10. The first-order chi connectivity index (χ1) is 23.8. The average molecular weight is 698 g/mol. The number of amides is 1. The van der Waals surface area contributed by atoms with Gasteiger partial charge in [0, 0.05) is 70.0 Å². The third kappa shape index (κ3) is 13.3. The highest BCUT2D eigenvalue weighted by molar-refractivity contribution is 6.09. The topological polar surface area (TPSA) is 208 Å². The standard InChI is InChI=1S/C35H47N5O10/c1-25(27-9-5-10-28(21-27)33(47)26-7-3-2-4-8-26)34(48)36-12-6-11-29(35(49)50)40-19-17-38(23-31(43)44)15-13-37(22-30(41)42)14-16-39(18-20-40)24-32(45)46/h2-5,7-10,21,25,29H,6,11-20,22-24H2,1H3,(H,36,48)(H,41,42)(H,43,44)(H,45,46)(H,49,50). The summed E-state index contributed by atoms with van der Waals surface area (Å²) in [6.45, 7) is 2.63. The molecule has 0 bridgehead atoms. The van der Waals surface area contributed by atoms with E-state index < -0.39 is 35.8 Å². The van der Waals surface area contributed by atoms with Crippen molar-refractivity contribution in [1.29, 1.82) is 0 Å². The van der Waals surface area contributed by atoms with Crippen LogP contribution in [0.2, 0.25) is 0 Å². The Bertz CT molecular complexity index is 1440. The minimum Gasteiger partial charge on any atom is -0.480 e. The minimum absolute atomic E-state index is 0.154. The molecule has 1 amide bonds. The summed E-state index contributed by atoms with van der Waals surface area (Å²) in [5.74, 6) is -5.31. The van der Waals surface area contributed by atoms with E-state index in [0.29, 0.717) is 23.1 Å². The van der Waals surface area contributed by atoms with Gasteiger partial charge in [-0.1, -0.05) is 48.5 Å². The number of benzene rings is 2. The van der Waals surface area contributed by atoms with Crippen molar-refractivity contribution in [3.63, 3.8) is 0 Å². The van der Waals surface area contributed by atoms with E-state index in [9.17, 15) is 49.2 Å². The predicted molar refractivity (Wildman–Crippen MR) is 182 cm³/mol. The summed E-state index contributed by atoms with van der Waals surface area (Å²) in [6, 6.07) is 14.7. The lowest BCUT2D eigenvalue weighted by Gasteiger charge is -2.35. The maximum Gasteiger partial charge on any atom is 0.320 e. The lowest BCUT2D eigenvalue weighted by atomic mass is 9.95. The lowest BCUT2D eigenvalue weighted by molar-refractivity contribution is -0.145. The molecular weight excluding hydrogens is 650 g/mol. The molecular formula is C35H47N5O10. The lowest BCUT2D eigenvalue weighted by Crippen LogP contribution is -2.52. The highest BCUT2D eigenvalue weighted by Gasteiger charge is 2.28. The largest absolute Gasteiger partial charge is 0.480 e. The smallest absolute Gasteiger partial charge is 0.320 e. The fourth-order valence-electron chi connectivity index (χ4n) is 5.89. The Morgan fingerprint density at radius 2 is 1.14 bits per heavy atom. The average Bonchev–Trinajstić information content (AvgIpc) is 3.07. The molecule has 2 atom stereocenters. The number of nitrogens with one attached hydrogen (secondary N) is 1. The van der Waals surface area contributed by atoms with Gasteiger partial charge in [-0.15, -0.1) is 0 Å². The van der Waals surface area contributed by atoms with Gasteiger partial charge in [-0.3, -0.25) is 48.4 Å². The Balaban J connectivity index is 1.65. The third-order valence-electron chi connectivity index (χ3n) is 8.71. The first kappa shape index (κ1) is 39.7. The Morgan fingerprint density at radius 3 is 1.62 bits per heavy atom. The van der Waals surface area contributed by atoms with Crippen LogP contribution in [0.3, 0.4) is 0 Å². The molecule has 272 valence electrons. The summed E-state index contributed by atoms with van der Waals surface area (Å²) in [5, 5.41) is 41.3. The highest BCUT2D eigenvalue weighted by atomic mass is 16.4. The molecule has 0 radical (unpaired) electrons. The molecule has 15 heteroatoms. The highest BCUT2D eigenvalue weighted by Crippen LogP contribution is 2.19. The van der Waals surface area contributed by atoms with E-state index >= 15 is 0 Å². The second kappa shape index (κ2) is 20.1. The maximum atomic E-state index is 13.1. The van der Waals surface area contributed by atoms with Crippen LogP contribution < -0.4 is 5.32 Å². The summed E-state index contributed by atoms with van der Waals surface area (Å²) in [5.41, 5.74) is 1.67. The molecule has 1 heterocycles. The number of nitrogens with zero attached hydrogens (tertiary/aromatic N) is 4. The number of carbonyl (C=O) groups excluding carboxylic acids is 2. The number of rotatable bonds is 16. The Morgan fingerprint density at radius 1 is 0.660 bits per heavy atom. The van der Waals surface area contributed by atoms with E-state index in [4.69, 9.17) is 0 Å². The first-order valence-electron chi connectivity index (χ1n) is 16.6. The van der Waals surface area contributed by atoms with Crippen LogP contribution in [0.1, 0.15) is 47.2 Å². The number of hydrogen-bond acceptors (Lipinski definition) is 10. The molecule has 0 saturated carbocycles. The van der Waals surface area contributed by atoms with Gasteiger partial charge in [0.25, 0.3) is 0 Å². The van der Waals surface area contributed by atoms with Crippen LogP contribution in [0.15, 0.2) is 54.6 Å². The van der Waals surface area contributed by atoms with Gasteiger partial charge in [0.05, 0.1) is 25.6 Å². The van der Waals surface area contributed by atoms with Crippen LogP contribution in [-0.2, 0) is 24.0 Å². The third-order valence-corrected chi connectivity index (χ3v) is 8.71. The van der Waals surface area contributed by atoms with E-state index in [2.05, 4.69) is 5.32 Å². The first-order valence-corrected chi connectivity index (χ1v) is 16.6. The molecule has 3 rings (SSSR count). The van der Waals surface area contributed by atoms with Gasteiger partial charge in [-0.2, -0.15) is 0 Å². The molecule has 50 heavy (non-hydrogen) atoms. The van der Waals surface area contributed by atoms with E-state index in [1.54, 1.807) is 75.1 Å². The van der Waals surface area contributed by atoms with Crippen molar-refractivity contribution in [1.82, 2.24) is 24.9 Å². The summed E-state index contributed by atoms with van der Waals surface area (Å²) >= 11 is 0. The van der Waals surface area contributed by atoms with Crippen molar-refractivity contribution in [2.45, 2.75) is 31.7 Å². The summed E-state index contributed by atoms with van der Waals surface area (Å²) in [7, 11) is 0. The monoisotopic (exact) mass is 697 g/mol. The quantitative estimate of drug-likeness (QED) is 0.122. The maximum absolute atomic E-state index is 13.1. The van der Waals surface area contributed by atoms with Crippen molar-refractivity contribution in [3.05, 3.63) is 71.3 Å². The zero-order valence-electron chi connectivity index (χ0n) is 28.3. The molecule has 15 nitrogen and oxygen atoms in total. The fraction of sp³-hybridized carbons (Fsp3) is 0.486. The molecule has 1 fully saturated rings.